The molecule has 0 unspecified atom stereocenters. The zero-order valence-corrected chi connectivity index (χ0v) is 19.8. The minimum absolute atomic E-state index is 0.169. The molecule has 0 bridgehead atoms. The first-order valence-electron chi connectivity index (χ1n) is 12.6. The second kappa shape index (κ2) is 8.39. The molecule has 8 atom stereocenters. The van der Waals surface area contributed by atoms with Gasteiger partial charge in [-0.15, -0.1) is 6.58 Å². The van der Waals surface area contributed by atoms with Crippen LogP contribution in [0.4, 0.5) is 0 Å². The quantitative estimate of drug-likeness (QED) is 0.438. The molecule has 31 heavy (non-hydrogen) atoms. The molecule has 0 radical (unpaired) electrons. The molecular weight excluding hydrogens is 392 g/mol. The largest absolute Gasteiger partial charge is 0.374 e. The highest BCUT2D eigenvalue weighted by Crippen LogP contribution is 2.68. The predicted octanol–water partition coefficient (Wildman–Crippen LogP) is 4.94. The molecule has 1 aliphatic heterocycles. The molecule has 176 valence electrons. The molecule has 0 aromatic heterocycles. The molecular formula is C26H42O5. The van der Waals surface area contributed by atoms with Crippen LogP contribution in [0.5, 0.6) is 0 Å². The molecule has 0 aromatic carbocycles. The van der Waals surface area contributed by atoms with E-state index in [1.807, 2.05) is 6.08 Å². The Morgan fingerprint density at radius 3 is 2.52 bits per heavy atom. The fraction of sp³-hybridized carbons (Fsp3) is 0.923. The lowest BCUT2D eigenvalue weighted by atomic mass is 9.44. The van der Waals surface area contributed by atoms with Gasteiger partial charge in [0.25, 0.3) is 0 Å². The highest BCUT2D eigenvalue weighted by atomic mass is 16.7. The third-order valence-electron chi connectivity index (χ3n) is 10.1. The topological polar surface area (TPSA) is 46.2 Å². The summed E-state index contributed by atoms with van der Waals surface area (Å²) in [6.07, 6.45) is 11.8. The molecule has 0 aromatic rings. The van der Waals surface area contributed by atoms with Gasteiger partial charge in [0, 0.05) is 20.0 Å². The van der Waals surface area contributed by atoms with Crippen LogP contribution in [0.3, 0.4) is 0 Å². The Kier molecular flexibility index (Phi) is 6.05. The van der Waals surface area contributed by atoms with Crippen LogP contribution < -0.4 is 0 Å². The van der Waals surface area contributed by atoms with E-state index in [1.165, 1.54) is 25.7 Å². The summed E-state index contributed by atoms with van der Waals surface area (Å²) >= 11 is 0. The number of ether oxygens (including phenoxy) is 5. The number of methoxy groups -OCH3 is 1. The minimum Gasteiger partial charge on any atom is -0.374 e. The molecule has 5 rings (SSSR count). The summed E-state index contributed by atoms with van der Waals surface area (Å²) in [5, 5.41) is 0. The van der Waals surface area contributed by atoms with Crippen molar-refractivity contribution in [2.75, 3.05) is 33.7 Å². The van der Waals surface area contributed by atoms with E-state index < -0.39 is 0 Å². The molecule has 5 nitrogen and oxygen atoms in total. The van der Waals surface area contributed by atoms with Crippen molar-refractivity contribution in [2.45, 2.75) is 83.2 Å². The van der Waals surface area contributed by atoms with Crippen molar-refractivity contribution in [3.05, 3.63) is 12.7 Å². The predicted molar refractivity (Wildman–Crippen MR) is 118 cm³/mol. The van der Waals surface area contributed by atoms with Gasteiger partial charge < -0.3 is 23.7 Å². The number of rotatable bonds is 6. The molecule has 5 fully saturated rings. The van der Waals surface area contributed by atoms with E-state index in [1.54, 1.807) is 7.11 Å². The summed E-state index contributed by atoms with van der Waals surface area (Å²) in [5.74, 6) is 2.39. The second-order valence-corrected chi connectivity index (χ2v) is 11.4. The van der Waals surface area contributed by atoms with E-state index in [2.05, 4.69) is 20.4 Å². The van der Waals surface area contributed by atoms with Crippen LogP contribution in [0.2, 0.25) is 0 Å². The highest BCUT2D eigenvalue weighted by molar-refractivity contribution is 5.13. The Hall–Kier alpha value is -0.460. The maximum atomic E-state index is 6.59. The lowest BCUT2D eigenvalue weighted by molar-refractivity contribution is -0.249. The standard InChI is InChI=1S/C26H42O5/c1-5-12-28-21-16-25(3)20(8-9-22(25)29-17-27-4)19-7-6-18-15-26(30-13-14-31-26)11-10-24(18,2)23(19)21/h5,18-23H,1,6-17H2,2-4H3/t18-,19-,20-,21-,22-,23+,24-,25-/m0/s1. The van der Waals surface area contributed by atoms with Crippen molar-refractivity contribution in [1.82, 2.24) is 0 Å². The van der Waals surface area contributed by atoms with Gasteiger partial charge in [-0.1, -0.05) is 19.9 Å². The number of fused-ring (bicyclic) bond motifs is 5. The monoisotopic (exact) mass is 434 g/mol. The van der Waals surface area contributed by atoms with Crippen molar-refractivity contribution in [2.24, 2.45) is 34.5 Å². The van der Waals surface area contributed by atoms with Crippen LogP contribution in [0.1, 0.15) is 65.2 Å². The first kappa shape index (κ1) is 22.3. The van der Waals surface area contributed by atoms with Crippen LogP contribution >= 0.6 is 0 Å². The van der Waals surface area contributed by atoms with Gasteiger partial charge >= 0.3 is 0 Å². The van der Waals surface area contributed by atoms with Gasteiger partial charge in [0.1, 0.15) is 6.79 Å². The highest BCUT2D eigenvalue weighted by Gasteiger charge is 2.65. The summed E-state index contributed by atoms with van der Waals surface area (Å²) in [6, 6.07) is 0. The maximum Gasteiger partial charge on any atom is 0.168 e. The first-order valence-corrected chi connectivity index (χ1v) is 12.6. The third kappa shape index (κ3) is 3.54. The fourth-order valence-electron chi connectivity index (χ4n) is 8.77. The Morgan fingerprint density at radius 2 is 1.77 bits per heavy atom. The maximum absolute atomic E-state index is 6.59. The molecule has 4 saturated carbocycles. The van der Waals surface area contributed by atoms with Crippen molar-refractivity contribution in [3.63, 3.8) is 0 Å². The zero-order chi connectivity index (χ0) is 21.7. The molecule has 5 heteroatoms. The average molecular weight is 435 g/mol. The first-order chi connectivity index (χ1) is 15.0. The van der Waals surface area contributed by atoms with Crippen LogP contribution in [0.15, 0.2) is 12.7 Å². The Balaban J connectivity index is 1.43. The Bertz CT molecular complexity index is 660. The molecule has 1 spiro atoms. The molecule has 4 aliphatic carbocycles. The molecule has 1 heterocycles. The van der Waals surface area contributed by atoms with Gasteiger partial charge in [-0.2, -0.15) is 0 Å². The minimum atomic E-state index is -0.301. The van der Waals surface area contributed by atoms with Crippen LogP contribution in [0, 0.1) is 34.5 Å². The molecule has 0 amide bonds. The zero-order valence-electron chi connectivity index (χ0n) is 19.8. The van der Waals surface area contributed by atoms with Gasteiger partial charge in [-0.3, -0.25) is 0 Å². The van der Waals surface area contributed by atoms with Gasteiger partial charge in [-0.25, -0.2) is 0 Å². The van der Waals surface area contributed by atoms with E-state index in [0.717, 1.165) is 44.8 Å². The van der Waals surface area contributed by atoms with Gasteiger partial charge in [0.15, 0.2) is 5.79 Å². The normalized spacial score (nSPS) is 48.2. The third-order valence-corrected chi connectivity index (χ3v) is 10.1. The second-order valence-electron chi connectivity index (χ2n) is 11.4. The fourth-order valence-corrected chi connectivity index (χ4v) is 8.77. The van der Waals surface area contributed by atoms with E-state index in [4.69, 9.17) is 23.7 Å². The van der Waals surface area contributed by atoms with E-state index in [0.29, 0.717) is 36.6 Å². The lowest BCUT2D eigenvalue weighted by Gasteiger charge is -2.63. The van der Waals surface area contributed by atoms with E-state index >= 15 is 0 Å². The smallest absolute Gasteiger partial charge is 0.168 e. The van der Waals surface area contributed by atoms with Gasteiger partial charge in [-0.05, 0) is 73.0 Å². The molecule has 0 N–H and O–H groups in total. The van der Waals surface area contributed by atoms with Crippen LogP contribution in [-0.4, -0.2) is 51.7 Å². The van der Waals surface area contributed by atoms with Crippen molar-refractivity contribution >= 4 is 0 Å². The summed E-state index contributed by atoms with van der Waals surface area (Å²) in [5.41, 5.74) is 0.463. The van der Waals surface area contributed by atoms with Gasteiger partial charge in [0.2, 0.25) is 0 Å². The summed E-state index contributed by atoms with van der Waals surface area (Å²) in [7, 11) is 1.72. The summed E-state index contributed by atoms with van der Waals surface area (Å²) in [6.45, 7) is 11.5. The van der Waals surface area contributed by atoms with Crippen LogP contribution in [-0.2, 0) is 23.7 Å². The van der Waals surface area contributed by atoms with Gasteiger partial charge in [0.05, 0.1) is 32.0 Å². The number of hydrogen-bond donors (Lipinski definition) is 0. The van der Waals surface area contributed by atoms with Crippen molar-refractivity contribution < 1.29 is 23.7 Å². The Morgan fingerprint density at radius 1 is 0.968 bits per heavy atom. The van der Waals surface area contributed by atoms with E-state index in [9.17, 15) is 0 Å². The van der Waals surface area contributed by atoms with Crippen molar-refractivity contribution in [3.8, 4) is 0 Å². The summed E-state index contributed by atoms with van der Waals surface area (Å²) < 4.78 is 30.4. The molecule has 5 aliphatic rings. The van der Waals surface area contributed by atoms with E-state index in [-0.39, 0.29) is 23.4 Å². The molecule has 1 saturated heterocycles. The lowest BCUT2D eigenvalue weighted by Crippen LogP contribution is -2.61. The Labute approximate surface area is 188 Å². The number of hydrogen-bond acceptors (Lipinski definition) is 5. The average Bonchev–Trinajstić information content (AvgIpc) is 3.35. The SMILES string of the molecule is C=CCO[C@H]1C[C@]2(C)[C@@H](OCOC)CC[C@H]2[C@@H]2CC[C@H]3CC4(CC[C@]3(C)[C@H]21)OCCO4. The summed E-state index contributed by atoms with van der Waals surface area (Å²) in [4.78, 5) is 0. The van der Waals surface area contributed by atoms with Crippen molar-refractivity contribution in [1.29, 1.82) is 0 Å². The van der Waals surface area contributed by atoms with Crippen LogP contribution in [0.25, 0.3) is 0 Å².